The number of aryl methyl sites for hydroxylation is 1. The van der Waals surface area contributed by atoms with Gasteiger partial charge in [-0.25, -0.2) is 0 Å². The number of benzene rings is 5. The molecule has 148 valence electrons. The van der Waals surface area contributed by atoms with Gasteiger partial charge in [0.05, 0.1) is 0 Å². The van der Waals surface area contributed by atoms with Crippen LogP contribution in [0.4, 0.5) is 0 Å². The molecule has 0 radical (unpaired) electrons. The van der Waals surface area contributed by atoms with E-state index in [0.717, 1.165) is 16.9 Å². The molecule has 5 aromatic rings. The standard InChI is InChI=1S/C30H22O/c1-20-15-17-21(18-16-20)26-19-23-11-5-6-12-24(23)30-29(26)28(22-9-3-2-4-10-22)25-13-7-8-14-27(25)31-30/h2-19,28H,1H3/t28-/m0/s1. The van der Waals surface area contributed by atoms with Gasteiger partial charge in [0.1, 0.15) is 11.5 Å². The van der Waals surface area contributed by atoms with Gasteiger partial charge in [-0.2, -0.15) is 0 Å². The zero-order valence-electron chi connectivity index (χ0n) is 17.4. The molecule has 31 heavy (non-hydrogen) atoms. The third kappa shape index (κ3) is 2.93. The van der Waals surface area contributed by atoms with E-state index < -0.39 is 0 Å². The zero-order valence-corrected chi connectivity index (χ0v) is 17.4. The van der Waals surface area contributed by atoms with E-state index in [9.17, 15) is 0 Å². The Labute approximate surface area is 182 Å². The topological polar surface area (TPSA) is 9.23 Å². The minimum Gasteiger partial charge on any atom is -0.456 e. The van der Waals surface area contributed by atoms with Crippen molar-refractivity contribution in [3.8, 4) is 22.6 Å². The Morgan fingerprint density at radius 3 is 2.23 bits per heavy atom. The summed E-state index contributed by atoms with van der Waals surface area (Å²) in [5.74, 6) is 2.03. The van der Waals surface area contributed by atoms with Crippen LogP contribution < -0.4 is 4.74 Å². The Hall–Kier alpha value is -3.84. The van der Waals surface area contributed by atoms with Gasteiger partial charge in [-0.15, -0.1) is 0 Å². The molecule has 1 aliphatic rings. The summed E-state index contributed by atoms with van der Waals surface area (Å²) >= 11 is 0. The van der Waals surface area contributed by atoms with Crippen molar-refractivity contribution in [1.29, 1.82) is 0 Å². The highest BCUT2D eigenvalue weighted by Gasteiger charge is 2.32. The maximum Gasteiger partial charge on any atom is 0.140 e. The molecule has 0 fully saturated rings. The van der Waals surface area contributed by atoms with Gasteiger partial charge < -0.3 is 4.74 Å². The number of para-hydroxylation sites is 1. The third-order valence-electron chi connectivity index (χ3n) is 6.27. The SMILES string of the molecule is Cc1ccc(-c2cc3ccccc3c3c2[C@@H](c2ccccc2)c2ccccc2O3)cc1. The van der Waals surface area contributed by atoms with Crippen LogP contribution in [0.15, 0.2) is 109 Å². The first-order valence-corrected chi connectivity index (χ1v) is 10.7. The lowest BCUT2D eigenvalue weighted by Crippen LogP contribution is -2.13. The van der Waals surface area contributed by atoms with Crippen molar-refractivity contribution in [2.24, 2.45) is 0 Å². The van der Waals surface area contributed by atoms with Crippen LogP contribution in [0.1, 0.15) is 28.2 Å². The fourth-order valence-electron chi connectivity index (χ4n) is 4.77. The number of hydrogen-bond donors (Lipinski definition) is 0. The summed E-state index contributed by atoms with van der Waals surface area (Å²) in [5.41, 5.74) is 7.45. The van der Waals surface area contributed by atoms with Crippen LogP contribution in [0.3, 0.4) is 0 Å². The minimum absolute atomic E-state index is 0.113. The van der Waals surface area contributed by atoms with Gasteiger partial charge in [0.25, 0.3) is 0 Å². The van der Waals surface area contributed by atoms with Gasteiger partial charge in [-0.1, -0.05) is 103 Å². The summed E-state index contributed by atoms with van der Waals surface area (Å²) in [6.45, 7) is 2.13. The Balaban J connectivity index is 1.74. The first-order valence-electron chi connectivity index (χ1n) is 10.7. The van der Waals surface area contributed by atoms with Gasteiger partial charge in [0.2, 0.25) is 0 Å². The van der Waals surface area contributed by atoms with E-state index in [1.165, 1.54) is 38.8 Å². The Bertz CT molecular complexity index is 1400. The van der Waals surface area contributed by atoms with Crippen LogP contribution in [-0.2, 0) is 0 Å². The van der Waals surface area contributed by atoms with Crippen LogP contribution in [0.5, 0.6) is 11.5 Å². The van der Waals surface area contributed by atoms with Crippen LogP contribution in [-0.4, -0.2) is 0 Å². The lowest BCUT2D eigenvalue weighted by atomic mass is 9.78. The quantitative estimate of drug-likeness (QED) is 0.286. The summed E-state index contributed by atoms with van der Waals surface area (Å²) < 4.78 is 6.63. The molecular weight excluding hydrogens is 376 g/mol. The molecule has 0 spiro atoms. The molecule has 1 aliphatic heterocycles. The highest BCUT2D eigenvalue weighted by atomic mass is 16.5. The summed E-state index contributed by atoms with van der Waals surface area (Å²) in [5, 5.41) is 2.35. The Morgan fingerprint density at radius 1 is 0.677 bits per heavy atom. The first-order chi connectivity index (χ1) is 15.3. The molecule has 0 saturated carbocycles. The predicted molar refractivity (Wildman–Crippen MR) is 128 cm³/mol. The van der Waals surface area contributed by atoms with Crippen molar-refractivity contribution in [3.05, 3.63) is 131 Å². The normalized spacial score (nSPS) is 14.5. The van der Waals surface area contributed by atoms with E-state index in [1.54, 1.807) is 0 Å². The molecule has 0 bridgehead atoms. The molecule has 0 N–H and O–H groups in total. The summed E-state index contributed by atoms with van der Waals surface area (Å²) in [6, 6.07) is 38.9. The van der Waals surface area contributed by atoms with Crippen molar-refractivity contribution >= 4 is 10.8 Å². The summed E-state index contributed by atoms with van der Waals surface area (Å²) in [6.07, 6.45) is 0. The maximum absolute atomic E-state index is 6.63. The molecule has 1 nitrogen and oxygen atoms in total. The second kappa shape index (κ2) is 7.14. The molecule has 1 atom stereocenters. The second-order valence-electron chi connectivity index (χ2n) is 8.24. The lowest BCUT2D eigenvalue weighted by molar-refractivity contribution is 0.459. The molecular formula is C30H22O. The van der Waals surface area contributed by atoms with Crippen molar-refractivity contribution in [1.82, 2.24) is 0 Å². The summed E-state index contributed by atoms with van der Waals surface area (Å²) in [7, 11) is 0. The first kappa shape index (κ1) is 18.0. The van der Waals surface area contributed by atoms with E-state index >= 15 is 0 Å². The van der Waals surface area contributed by atoms with Crippen LogP contribution >= 0.6 is 0 Å². The van der Waals surface area contributed by atoms with Crippen LogP contribution in [0.2, 0.25) is 0 Å². The van der Waals surface area contributed by atoms with Crippen molar-refractivity contribution in [2.45, 2.75) is 12.8 Å². The maximum atomic E-state index is 6.63. The average Bonchev–Trinajstić information content (AvgIpc) is 2.83. The number of ether oxygens (including phenoxy) is 1. The highest BCUT2D eigenvalue weighted by Crippen LogP contribution is 2.53. The van der Waals surface area contributed by atoms with Gasteiger partial charge in [-0.3, -0.25) is 0 Å². The van der Waals surface area contributed by atoms with Crippen molar-refractivity contribution in [3.63, 3.8) is 0 Å². The largest absolute Gasteiger partial charge is 0.456 e. The molecule has 1 heterocycles. The number of hydrogen-bond acceptors (Lipinski definition) is 1. The second-order valence-corrected chi connectivity index (χ2v) is 8.24. The monoisotopic (exact) mass is 398 g/mol. The average molecular weight is 399 g/mol. The lowest BCUT2D eigenvalue weighted by Gasteiger charge is -2.32. The number of rotatable bonds is 2. The molecule has 0 saturated heterocycles. The molecule has 1 heteroatoms. The zero-order chi connectivity index (χ0) is 20.8. The van der Waals surface area contributed by atoms with Crippen LogP contribution in [0.25, 0.3) is 21.9 Å². The van der Waals surface area contributed by atoms with Crippen LogP contribution in [0, 0.1) is 6.92 Å². The molecule has 0 aromatic heterocycles. The van der Waals surface area contributed by atoms with Gasteiger partial charge in [0, 0.05) is 22.4 Å². The van der Waals surface area contributed by atoms with Gasteiger partial charge in [-0.05, 0) is 41.1 Å². The van der Waals surface area contributed by atoms with E-state index in [1.807, 2.05) is 0 Å². The molecule has 0 amide bonds. The van der Waals surface area contributed by atoms with Gasteiger partial charge in [0.15, 0.2) is 0 Å². The molecule has 0 aliphatic carbocycles. The van der Waals surface area contributed by atoms with E-state index in [0.29, 0.717) is 0 Å². The highest BCUT2D eigenvalue weighted by molar-refractivity contribution is 5.97. The van der Waals surface area contributed by atoms with E-state index in [-0.39, 0.29) is 5.92 Å². The Kier molecular flexibility index (Phi) is 4.14. The summed E-state index contributed by atoms with van der Waals surface area (Å²) in [4.78, 5) is 0. The Morgan fingerprint density at radius 2 is 1.39 bits per heavy atom. The van der Waals surface area contributed by atoms with Crippen molar-refractivity contribution < 1.29 is 4.74 Å². The van der Waals surface area contributed by atoms with E-state index in [4.69, 9.17) is 4.74 Å². The molecule has 6 rings (SSSR count). The predicted octanol–water partition coefficient (Wildman–Crippen LogP) is 8.10. The fraction of sp³-hybridized carbons (Fsp3) is 0.0667. The number of fused-ring (bicyclic) bond motifs is 4. The molecule has 5 aromatic carbocycles. The van der Waals surface area contributed by atoms with E-state index in [2.05, 4.69) is 116 Å². The smallest absolute Gasteiger partial charge is 0.140 e. The minimum atomic E-state index is 0.113. The van der Waals surface area contributed by atoms with Gasteiger partial charge >= 0.3 is 0 Å². The third-order valence-corrected chi connectivity index (χ3v) is 6.27. The van der Waals surface area contributed by atoms with Crippen molar-refractivity contribution in [2.75, 3.05) is 0 Å². The molecule has 0 unspecified atom stereocenters. The fourth-order valence-corrected chi connectivity index (χ4v) is 4.77.